The average molecular weight is 310 g/mol. The van der Waals surface area contributed by atoms with Crippen molar-refractivity contribution in [3.63, 3.8) is 0 Å². The fourth-order valence-corrected chi connectivity index (χ4v) is 2.20. The van der Waals surface area contributed by atoms with Crippen LogP contribution in [0.25, 0.3) is 11.3 Å². The molecule has 0 saturated heterocycles. The number of aromatic nitrogens is 1. The lowest BCUT2D eigenvalue weighted by atomic mass is 10.0. The van der Waals surface area contributed by atoms with E-state index < -0.39 is 23.3 Å². The molecule has 0 aliphatic heterocycles. The number of pyridine rings is 1. The standard InChI is InChI=1S/C12H5Cl2F4N/c13-6-2-1-3-7(14)9(6)11-10(12(16,17)18)8(15)4-5-19-11/h1-5H. The van der Waals surface area contributed by atoms with E-state index in [-0.39, 0.29) is 15.6 Å². The summed E-state index contributed by atoms with van der Waals surface area (Å²) in [6.45, 7) is 0. The zero-order chi connectivity index (χ0) is 14.2. The first-order chi connectivity index (χ1) is 8.82. The first kappa shape index (κ1) is 14.1. The Morgan fingerprint density at radius 2 is 1.58 bits per heavy atom. The van der Waals surface area contributed by atoms with E-state index in [2.05, 4.69) is 4.98 Å². The van der Waals surface area contributed by atoms with Crippen molar-refractivity contribution in [3.05, 3.63) is 51.9 Å². The minimum Gasteiger partial charge on any atom is -0.255 e. The van der Waals surface area contributed by atoms with Gasteiger partial charge in [-0.05, 0) is 18.2 Å². The second-order valence-electron chi connectivity index (χ2n) is 3.61. The molecule has 0 fully saturated rings. The van der Waals surface area contributed by atoms with Crippen LogP contribution in [0.1, 0.15) is 5.56 Å². The Bertz CT molecular complexity index is 605. The number of halogens is 6. The number of benzene rings is 1. The van der Waals surface area contributed by atoms with Gasteiger partial charge in [-0.15, -0.1) is 0 Å². The van der Waals surface area contributed by atoms with Crippen molar-refractivity contribution in [2.75, 3.05) is 0 Å². The van der Waals surface area contributed by atoms with Crippen molar-refractivity contribution < 1.29 is 17.6 Å². The molecule has 0 aliphatic carbocycles. The minimum absolute atomic E-state index is 0.0314. The molecule has 0 radical (unpaired) electrons. The maximum atomic E-state index is 13.4. The van der Waals surface area contributed by atoms with Gasteiger partial charge in [0, 0.05) is 11.8 Å². The van der Waals surface area contributed by atoms with Crippen LogP contribution in [0, 0.1) is 5.82 Å². The molecule has 100 valence electrons. The first-order valence-electron chi connectivity index (χ1n) is 4.98. The number of nitrogens with zero attached hydrogens (tertiary/aromatic N) is 1. The molecular weight excluding hydrogens is 305 g/mol. The fraction of sp³-hybridized carbons (Fsp3) is 0.0833. The molecule has 1 nitrogen and oxygen atoms in total. The van der Waals surface area contributed by atoms with Gasteiger partial charge < -0.3 is 0 Å². The van der Waals surface area contributed by atoms with Crippen LogP contribution in [-0.4, -0.2) is 4.98 Å². The lowest BCUT2D eigenvalue weighted by Gasteiger charge is -2.14. The molecule has 0 amide bonds. The van der Waals surface area contributed by atoms with Crippen LogP contribution in [0.5, 0.6) is 0 Å². The van der Waals surface area contributed by atoms with Crippen LogP contribution in [0.2, 0.25) is 10.0 Å². The predicted octanol–water partition coefficient (Wildman–Crippen LogP) is 5.21. The summed E-state index contributed by atoms with van der Waals surface area (Å²) in [5, 5.41) is -0.0628. The van der Waals surface area contributed by atoms with E-state index in [1.54, 1.807) is 0 Å². The monoisotopic (exact) mass is 309 g/mol. The van der Waals surface area contributed by atoms with Gasteiger partial charge >= 0.3 is 6.18 Å². The topological polar surface area (TPSA) is 12.9 Å². The smallest absolute Gasteiger partial charge is 0.255 e. The average Bonchev–Trinajstić information content (AvgIpc) is 2.26. The van der Waals surface area contributed by atoms with E-state index in [9.17, 15) is 17.6 Å². The van der Waals surface area contributed by atoms with E-state index in [0.717, 1.165) is 6.20 Å². The van der Waals surface area contributed by atoms with Crippen molar-refractivity contribution in [3.8, 4) is 11.3 Å². The zero-order valence-corrected chi connectivity index (χ0v) is 10.6. The maximum Gasteiger partial charge on any atom is 0.421 e. The van der Waals surface area contributed by atoms with Gasteiger partial charge in [-0.3, -0.25) is 4.98 Å². The van der Waals surface area contributed by atoms with E-state index in [0.29, 0.717) is 6.07 Å². The molecule has 1 aromatic carbocycles. The van der Waals surface area contributed by atoms with Crippen LogP contribution < -0.4 is 0 Å². The third-order valence-corrected chi connectivity index (χ3v) is 3.01. The number of rotatable bonds is 1. The molecule has 1 aromatic heterocycles. The van der Waals surface area contributed by atoms with Gasteiger partial charge in [-0.1, -0.05) is 29.3 Å². The summed E-state index contributed by atoms with van der Waals surface area (Å²) < 4.78 is 52.1. The Morgan fingerprint density at radius 1 is 1.00 bits per heavy atom. The van der Waals surface area contributed by atoms with E-state index in [1.807, 2.05) is 0 Å². The highest BCUT2D eigenvalue weighted by Gasteiger charge is 2.38. The second-order valence-corrected chi connectivity index (χ2v) is 4.43. The molecule has 0 bridgehead atoms. The number of hydrogen-bond acceptors (Lipinski definition) is 1. The molecule has 0 N–H and O–H groups in total. The van der Waals surface area contributed by atoms with Gasteiger partial charge in [0.15, 0.2) is 0 Å². The van der Waals surface area contributed by atoms with E-state index in [4.69, 9.17) is 23.2 Å². The van der Waals surface area contributed by atoms with Gasteiger partial charge in [0.05, 0.1) is 15.7 Å². The molecular formula is C12H5Cl2F4N. The Hall–Kier alpha value is -1.33. The molecule has 0 unspecified atom stereocenters. The lowest BCUT2D eigenvalue weighted by Crippen LogP contribution is -2.11. The van der Waals surface area contributed by atoms with Crippen LogP contribution in [0.4, 0.5) is 17.6 Å². The van der Waals surface area contributed by atoms with Gasteiger partial charge in [0.2, 0.25) is 0 Å². The zero-order valence-electron chi connectivity index (χ0n) is 9.10. The normalized spacial score (nSPS) is 11.7. The molecule has 1 heterocycles. The highest BCUT2D eigenvalue weighted by molar-refractivity contribution is 6.39. The van der Waals surface area contributed by atoms with Crippen molar-refractivity contribution >= 4 is 23.2 Å². The summed E-state index contributed by atoms with van der Waals surface area (Å²) >= 11 is 11.6. The number of hydrogen-bond donors (Lipinski definition) is 0. The summed E-state index contributed by atoms with van der Waals surface area (Å²) in [6, 6.07) is 4.82. The van der Waals surface area contributed by atoms with Gasteiger partial charge in [-0.25, -0.2) is 4.39 Å². The number of alkyl halides is 3. The Morgan fingerprint density at radius 3 is 2.11 bits per heavy atom. The Labute approximate surface area is 115 Å². The Kier molecular flexibility index (Phi) is 3.69. The van der Waals surface area contributed by atoms with Crippen molar-refractivity contribution in [2.24, 2.45) is 0 Å². The van der Waals surface area contributed by atoms with E-state index in [1.165, 1.54) is 18.2 Å². The molecule has 0 atom stereocenters. The molecule has 19 heavy (non-hydrogen) atoms. The minimum atomic E-state index is -4.89. The van der Waals surface area contributed by atoms with Crippen molar-refractivity contribution in [1.82, 2.24) is 4.98 Å². The van der Waals surface area contributed by atoms with E-state index >= 15 is 0 Å². The van der Waals surface area contributed by atoms with Crippen LogP contribution in [0.3, 0.4) is 0 Å². The second kappa shape index (κ2) is 4.98. The summed E-state index contributed by atoms with van der Waals surface area (Å²) in [5.74, 6) is -1.42. The van der Waals surface area contributed by atoms with Crippen molar-refractivity contribution in [2.45, 2.75) is 6.18 Å². The summed E-state index contributed by atoms with van der Waals surface area (Å²) in [5.41, 5.74) is -2.24. The third kappa shape index (κ3) is 2.67. The maximum absolute atomic E-state index is 13.4. The lowest BCUT2D eigenvalue weighted by molar-refractivity contribution is -0.139. The molecule has 0 saturated carbocycles. The predicted molar refractivity (Wildman–Crippen MR) is 64.7 cm³/mol. The summed E-state index contributed by atoms with van der Waals surface area (Å²) in [7, 11) is 0. The Balaban J connectivity index is 2.81. The van der Waals surface area contributed by atoms with Crippen LogP contribution in [0.15, 0.2) is 30.5 Å². The SMILES string of the molecule is Fc1ccnc(-c2c(Cl)cccc2Cl)c1C(F)(F)F. The highest BCUT2D eigenvalue weighted by Crippen LogP contribution is 2.42. The first-order valence-corrected chi connectivity index (χ1v) is 5.74. The summed E-state index contributed by atoms with van der Waals surface area (Å²) in [4.78, 5) is 3.57. The van der Waals surface area contributed by atoms with Crippen LogP contribution >= 0.6 is 23.2 Å². The highest BCUT2D eigenvalue weighted by atomic mass is 35.5. The van der Waals surface area contributed by atoms with Crippen molar-refractivity contribution in [1.29, 1.82) is 0 Å². The quantitative estimate of drug-likeness (QED) is 0.659. The molecule has 0 spiro atoms. The largest absolute Gasteiger partial charge is 0.421 e. The van der Waals surface area contributed by atoms with Gasteiger partial charge in [0.1, 0.15) is 11.4 Å². The molecule has 0 aliphatic rings. The summed E-state index contributed by atoms with van der Waals surface area (Å²) in [6.07, 6.45) is -3.96. The fourth-order valence-electron chi connectivity index (χ4n) is 1.62. The third-order valence-electron chi connectivity index (χ3n) is 2.38. The molecule has 2 aromatic rings. The van der Waals surface area contributed by atoms with Crippen LogP contribution in [-0.2, 0) is 6.18 Å². The molecule has 7 heteroatoms. The van der Waals surface area contributed by atoms with Gasteiger partial charge in [-0.2, -0.15) is 13.2 Å². The molecule has 2 rings (SSSR count). The van der Waals surface area contributed by atoms with Gasteiger partial charge in [0.25, 0.3) is 0 Å².